The third-order valence-corrected chi connectivity index (χ3v) is 4.30. The van der Waals surface area contributed by atoms with Crippen LogP contribution in [0, 0.1) is 0 Å². The molecule has 0 radical (unpaired) electrons. The van der Waals surface area contributed by atoms with Crippen molar-refractivity contribution in [2.75, 3.05) is 10.6 Å². The van der Waals surface area contributed by atoms with Crippen molar-refractivity contribution in [3.63, 3.8) is 0 Å². The van der Waals surface area contributed by atoms with Crippen LogP contribution in [0.1, 0.15) is 29.8 Å². The van der Waals surface area contributed by atoms with Crippen LogP contribution in [-0.2, 0) is 25.5 Å². The Morgan fingerprint density at radius 2 is 1.78 bits per heavy atom. The Balaban J connectivity index is 1.89. The summed E-state index contributed by atoms with van der Waals surface area (Å²) in [6.07, 6.45) is -1.07. The number of hydrogen-bond donors (Lipinski definition) is 3. The maximum Gasteiger partial charge on any atom is 0.311 e. The number of ether oxygens (including phenoxy) is 1. The molecule has 3 amide bonds. The van der Waals surface area contributed by atoms with Gasteiger partial charge in [-0.1, -0.05) is 12.1 Å². The lowest BCUT2D eigenvalue weighted by atomic mass is 10.1. The molecule has 2 rings (SSSR count). The summed E-state index contributed by atoms with van der Waals surface area (Å²) < 4.78 is 5.13. The molecule has 1 aromatic carbocycles. The van der Waals surface area contributed by atoms with Gasteiger partial charge in [-0.3, -0.25) is 19.2 Å². The second kappa shape index (κ2) is 8.95. The standard InChI is InChI=1S/C18H19N3O5S/c1-10(17(25)21-18-14(16(19)24)7-8-27-18)26-15(23)9-12-3-5-13(6-4-12)20-11(2)22/h3-8,10H,9H2,1-2H3,(H2,19,24)(H,20,22)(H,21,25)/t10-/m1/s1. The molecule has 1 heterocycles. The molecular formula is C18H19N3O5S. The monoisotopic (exact) mass is 389 g/mol. The summed E-state index contributed by atoms with van der Waals surface area (Å²) in [4.78, 5) is 46.4. The number of anilines is 2. The average Bonchev–Trinajstić information content (AvgIpc) is 3.04. The molecule has 0 fully saturated rings. The highest BCUT2D eigenvalue weighted by Crippen LogP contribution is 2.23. The zero-order chi connectivity index (χ0) is 20.0. The first-order valence-electron chi connectivity index (χ1n) is 8.00. The molecule has 0 unspecified atom stereocenters. The fourth-order valence-electron chi connectivity index (χ4n) is 2.18. The van der Waals surface area contributed by atoms with Gasteiger partial charge in [-0.15, -0.1) is 11.3 Å². The number of rotatable bonds is 7. The average molecular weight is 389 g/mol. The number of carbonyl (C=O) groups is 4. The Labute approximate surface area is 159 Å². The molecule has 0 spiro atoms. The summed E-state index contributed by atoms with van der Waals surface area (Å²) >= 11 is 1.15. The summed E-state index contributed by atoms with van der Waals surface area (Å²) in [5, 5.41) is 7.09. The highest BCUT2D eigenvalue weighted by molar-refractivity contribution is 7.14. The number of benzene rings is 1. The second-order valence-electron chi connectivity index (χ2n) is 5.70. The second-order valence-corrected chi connectivity index (χ2v) is 6.62. The van der Waals surface area contributed by atoms with Gasteiger partial charge in [0.1, 0.15) is 5.00 Å². The van der Waals surface area contributed by atoms with Crippen LogP contribution >= 0.6 is 11.3 Å². The van der Waals surface area contributed by atoms with E-state index in [9.17, 15) is 19.2 Å². The van der Waals surface area contributed by atoms with Gasteiger partial charge in [0.15, 0.2) is 6.10 Å². The maximum atomic E-state index is 12.1. The third kappa shape index (κ3) is 5.93. The molecule has 0 aliphatic heterocycles. The SMILES string of the molecule is CC(=O)Nc1ccc(CC(=O)O[C@H](C)C(=O)Nc2sccc2C(N)=O)cc1. The minimum absolute atomic E-state index is 0.0243. The van der Waals surface area contributed by atoms with Gasteiger partial charge in [-0.2, -0.15) is 0 Å². The van der Waals surface area contributed by atoms with Crippen molar-refractivity contribution >= 4 is 45.7 Å². The van der Waals surface area contributed by atoms with Gasteiger partial charge < -0.3 is 21.1 Å². The molecular weight excluding hydrogens is 370 g/mol. The predicted molar refractivity (Wildman–Crippen MR) is 101 cm³/mol. The summed E-state index contributed by atoms with van der Waals surface area (Å²) in [7, 11) is 0. The molecule has 2 aromatic rings. The van der Waals surface area contributed by atoms with E-state index in [2.05, 4.69) is 10.6 Å². The number of nitrogens with one attached hydrogen (secondary N) is 2. The lowest BCUT2D eigenvalue weighted by molar-refractivity contribution is -0.152. The molecule has 142 valence electrons. The molecule has 1 aromatic heterocycles. The lowest BCUT2D eigenvalue weighted by Gasteiger charge is -2.13. The van der Waals surface area contributed by atoms with Crippen molar-refractivity contribution in [2.45, 2.75) is 26.4 Å². The van der Waals surface area contributed by atoms with Gasteiger partial charge in [0.2, 0.25) is 5.91 Å². The zero-order valence-corrected chi connectivity index (χ0v) is 15.6. The van der Waals surface area contributed by atoms with E-state index in [4.69, 9.17) is 10.5 Å². The Bertz CT molecular complexity index is 860. The molecule has 0 bridgehead atoms. The van der Waals surface area contributed by atoms with Crippen LogP contribution in [0.25, 0.3) is 0 Å². The highest BCUT2D eigenvalue weighted by atomic mass is 32.1. The quantitative estimate of drug-likeness (QED) is 0.623. The molecule has 1 atom stereocenters. The highest BCUT2D eigenvalue weighted by Gasteiger charge is 2.20. The first-order valence-corrected chi connectivity index (χ1v) is 8.88. The molecule has 0 aliphatic carbocycles. The Hall–Kier alpha value is -3.20. The van der Waals surface area contributed by atoms with Crippen LogP contribution < -0.4 is 16.4 Å². The number of hydrogen-bond acceptors (Lipinski definition) is 6. The Morgan fingerprint density at radius 3 is 2.37 bits per heavy atom. The first-order chi connectivity index (χ1) is 12.8. The van der Waals surface area contributed by atoms with Gasteiger partial charge in [-0.05, 0) is 36.1 Å². The minimum Gasteiger partial charge on any atom is -0.452 e. The van der Waals surface area contributed by atoms with Crippen molar-refractivity contribution in [2.24, 2.45) is 5.73 Å². The molecule has 9 heteroatoms. The molecule has 0 aliphatic rings. The first kappa shape index (κ1) is 20.1. The third-order valence-electron chi connectivity index (χ3n) is 3.47. The number of thiophene rings is 1. The number of carbonyl (C=O) groups excluding carboxylic acids is 4. The van der Waals surface area contributed by atoms with Gasteiger partial charge in [0, 0.05) is 12.6 Å². The fourth-order valence-corrected chi connectivity index (χ4v) is 2.98. The number of esters is 1. The van der Waals surface area contributed by atoms with Gasteiger partial charge in [0.05, 0.1) is 12.0 Å². The molecule has 8 nitrogen and oxygen atoms in total. The van der Waals surface area contributed by atoms with Crippen LogP contribution in [0.5, 0.6) is 0 Å². The summed E-state index contributed by atoms with van der Waals surface area (Å²) in [6.45, 7) is 2.84. The molecule has 4 N–H and O–H groups in total. The van der Waals surface area contributed by atoms with Crippen molar-refractivity contribution in [1.29, 1.82) is 0 Å². The van der Waals surface area contributed by atoms with Crippen LogP contribution in [0.3, 0.4) is 0 Å². The number of nitrogens with two attached hydrogens (primary N) is 1. The Morgan fingerprint density at radius 1 is 1.11 bits per heavy atom. The van der Waals surface area contributed by atoms with Gasteiger partial charge >= 0.3 is 5.97 Å². The Kier molecular flexibility index (Phi) is 6.67. The van der Waals surface area contributed by atoms with Crippen molar-refractivity contribution in [1.82, 2.24) is 0 Å². The van der Waals surface area contributed by atoms with Gasteiger partial charge in [0.25, 0.3) is 11.8 Å². The van der Waals surface area contributed by atoms with Gasteiger partial charge in [-0.25, -0.2) is 0 Å². The van der Waals surface area contributed by atoms with E-state index in [0.717, 1.165) is 11.3 Å². The largest absolute Gasteiger partial charge is 0.452 e. The predicted octanol–water partition coefficient (Wildman–Crippen LogP) is 1.92. The van der Waals surface area contributed by atoms with E-state index in [-0.39, 0.29) is 17.9 Å². The topological polar surface area (TPSA) is 128 Å². The van der Waals surface area contributed by atoms with E-state index >= 15 is 0 Å². The van der Waals surface area contributed by atoms with E-state index < -0.39 is 23.9 Å². The fraction of sp³-hybridized carbons (Fsp3) is 0.222. The number of primary amides is 1. The van der Waals surface area contributed by atoms with Crippen molar-refractivity contribution < 1.29 is 23.9 Å². The van der Waals surface area contributed by atoms with Crippen LogP contribution in [0.4, 0.5) is 10.7 Å². The zero-order valence-electron chi connectivity index (χ0n) is 14.8. The summed E-state index contributed by atoms with van der Waals surface area (Å²) in [6, 6.07) is 8.21. The summed E-state index contributed by atoms with van der Waals surface area (Å²) in [5.74, 6) is -1.98. The van der Waals surface area contributed by atoms with Crippen LogP contribution in [0.15, 0.2) is 35.7 Å². The van der Waals surface area contributed by atoms with E-state index in [1.165, 1.54) is 19.9 Å². The lowest BCUT2D eigenvalue weighted by Crippen LogP contribution is -2.30. The minimum atomic E-state index is -1.04. The molecule has 27 heavy (non-hydrogen) atoms. The van der Waals surface area contributed by atoms with Crippen molar-refractivity contribution in [3.05, 3.63) is 46.8 Å². The smallest absolute Gasteiger partial charge is 0.311 e. The molecule has 0 saturated carbocycles. The summed E-state index contributed by atoms with van der Waals surface area (Å²) in [5.41, 5.74) is 6.72. The van der Waals surface area contributed by atoms with Crippen molar-refractivity contribution in [3.8, 4) is 0 Å². The van der Waals surface area contributed by atoms with E-state index in [1.807, 2.05) is 0 Å². The van der Waals surface area contributed by atoms with Crippen LogP contribution in [-0.4, -0.2) is 29.8 Å². The normalized spacial score (nSPS) is 11.3. The van der Waals surface area contributed by atoms with E-state index in [0.29, 0.717) is 16.3 Å². The number of amides is 3. The van der Waals surface area contributed by atoms with E-state index in [1.54, 1.807) is 29.6 Å². The molecule has 0 saturated heterocycles. The maximum absolute atomic E-state index is 12.1. The van der Waals surface area contributed by atoms with Crippen LogP contribution in [0.2, 0.25) is 0 Å².